The van der Waals surface area contributed by atoms with E-state index in [0.717, 1.165) is 0 Å². The molecule has 1 aliphatic rings. The van der Waals surface area contributed by atoms with E-state index < -0.39 is 18.2 Å². The Bertz CT molecular complexity index is 531. The van der Waals surface area contributed by atoms with Crippen molar-refractivity contribution in [1.82, 2.24) is 5.32 Å². The highest BCUT2D eigenvalue weighted by molar-refractivity contribution is 9.10. The number of carbonyl (C=O) groups is 2. The van der Waals surface area contributed by atoms with Gasteiger partial charge in [0.25, 0.3) is 0 Å². The van der Waals surface area contributed by atoms with Crippen molar-refractivity contribution in [3.8, 4) is 5.75 Å². The van der Waals surface area contributed by atoms with E-state index in [1.54, 1.807) is 13.0 Å². The van der Waals surface area contributed by atoms with Crippen LogP contribution in [0, 0.1) is 6.92 Å². The predicted octanol–water partition coefficient (Wildman–Crippen LogP) is 1.94. The van der Waals surface area contributed by atoms with E-state index in [1.807, 2.05) is 0 Å². The number of amides is 1. The van der Waals surface area contributed by atoms with Gasteiger partial charge in [-0.25, -0.2) is 9.59 Å². The van der Waals surface area contributed by atoms with Crippen LogP contribution in [0.1, 0.15) is 15.9 Å². The fourth-order valence-electron chi connectivity index (χ4n) is 1.78. The number of carboxylic acid groups (broad SMARTS) is 1. The van der Waals surface area contributed by atoms with Crippen LogP contribution in [0.15, 0.2) is 16.6 Å². The quantitative estimate of drug-likeness (QED) is 0.881. The Morgan fingerprint density at radius 1 is 1.63 bits per heavy atom. The molecule has 1 aliphatic heterocycles. The lowest BCUT2D eigenvalue weighted by atomic mass is 10.1. The van der Waals surface area contributed by atoms with Gasteiger partial charge < -0.3 is 19.9 Å². The van der Waals surface area contributed by atoms with Gasteiger partial charge in [0.05, 0.1) is 6.54 Å². The summed E-state index contributed by atoms with van der Waals surface area (Å²) in [5.41, 5.74) is 0.771. The van der Waals surface area contributed by atoms with Crippen molar-refractivity contribution in [2.24, 2.45) is 0 Å². The predicted molar refractivity (Wildman–Crippen MR) is 69.6 cm³/mol. The van der Waals surface area contributed by atoms with Crippen LogP contribution >= 0.6 is 15.9 Å². The second-order valence-electron chi connectivity index (χ2n) is 4.12. The highest BCUT2D eigenvalue weighted by Crippen LogP contribution is 2.28. The third-order valence-corrected chi connectivity index (χ3v) is 3.09. The Kier molecular flexibility index (Phi) is 3.94. The van der Waals surface area contributed by atoms with Crippen molar-refractivity contribution in [2.45, 2.75) is 13.0 Å². The highest BCUT2D eigenvalue weighted by atomic mass is 79.9. The SMILES string of the molecule is Cc1cc(Br)cc(C(=O)O)c1OCC1CNC(=O)O1. The summed E-state index contributed by atoms with van der Waals surface area (Å²) in [5.74, 6) is -0.778. The van der Waals surface area contributed by atoms with Crippen LogP contribution < -0.4 is 10.1 Å². The minimum Gasteiger partial charge on any atom is -0.488 e. The number of carbonyl (C=O) groups excluding carboxylic acids is 1. The van der Waals surface area contributed by atoms with E-state index in [-0.39, 0.29) is 12.2 Å². The first-order valence-electron chi connectivity index (χ1n) is 5.58. The number of cyclic esters (lactones) is 1. The van der Waals surface area contributed by atoms with Crippen LogP contribution in [-0.4, -0.2) is 36.4 Å². The van der Waals surface area contributed by atoms with E-state index >= 15 is 0 Å². The first kappa shape index (κ1) is 13.7. The summed E-state index contributed by atoms with van der Waals surface area (Å²) in [6.07, 6.45) is -0.892. The van der Waals surface area contributed by atoms with Gasteiger partial charge in [-0.3, -0.25) is 0 Å². The number of hydrogen-bond donors (Lipinski definition) is 2. The van der Waals surface area contributed by atoms with E-state index in [1.165, 1.54) is 6.07 Å². The number of nitrogens with one attached hydrogen (secondary N) is 1. The summed E-state index contributed by atoms with van der Waals surface area (Å²) in [5, 5.41) is 11.7. The normalized spacial score (nSPS) is 17.8. The van der Waals surface area contributed by atoms with Crippen molar-refractivity contribution in [2.75, 3.05) is 13.2 Å². The molecule has 0 aromatic heterocycles. The van der Waals surface area contributed by atoms with Crippen molar-refractivity contribution in [3.05, 3.63) is 27.7 Å². The Morgan fingerprint density at radius 2 is 2.37 bits per heavy atom. The van der Waals surface area contributed by atoms with E-state index in [2.05, 4.69) is 21.2 Å². The zero-order valence-electron chi connectivity index (χ0n) is 10.1. The molecule has 7 heteroatoms. The Balaban J connectivity index is 2.15. The zero-order valence-corrected chi connectivity index (χ0v) is 11.7. The smallest absolute Gasteiger partial charge is 0.407 e. The highest BCUT2D eigenvalue weighted by Gasteiger charge is 2.24. The van der Waals surface area contributed by atoms with Gasteiger partial charge in [0.2, 0.25) is 0 Å². The molecule has 1 saturated heterocycles. The number of benzene rings is 1. The Hall–Kier alpha value is -1.76. The standard InChI is InChI=1S/C12H12BrNO5/c1-6-2-7(13)3-9(11(15)16)10(6)18-5-8-4-14-12(17)19-8/h2-3,8H,4-5H2,1H3,(H,14,17)(H,15,16). The summed E-state index contributed by atoms with van der Waals surface area (Å²) >= 11 is 3.24. The van der Waals surface area contributed by atoms with Crippen LogP contribution in [0.2, 0.25) is 0 Å². The monoisotopic (exact) mass is 329 g/mol. The number of ether oxygens (including phenoxy) is 2. The maximum absolute atomic E-state index is 11.2. The maximum atomic E-state index is 11.2. The third kappa shape index (κ3) is 3.17. The number of halogens is 1. The molecule has 102 valence electrons. The molecule has 6 nitrogen and oxygen atoms in total. The number of aromatic carboxylic acids is 1. The number of hydrogen-bond acceptors (Lipinski definition) is 4. The average Bonchev–Trinajstić information content (AvgIpc) is 2.73. The molecule has 1 atom stereocenters. The molecule has 1 aromatic carbocycles. The third-order valence-electron chi connectivity index (χ3n) is 2.63. The van der Waals surface area contributed by atoms with E-state index in [4.69, 9.17) is 14.6 Å². The molecule has 1 aromatic rings. The minimum atomic E-state index is -1.07. The maximum Gasteiger partial charge on any atom is 0.407 e. The van der Waals surface area contributed by atoms with Crippen LogP contribution in [0.4, 0.5) is 4.79 Å². The van der Waals surface area contributed by atoms with Gasteiger partial charge in [-0.2, -0.15) is 0 Å². The summed E-state index contributed by atoms with van der Waals surface area (Å²) in [4.78, 5) is 22.0. The van der Waals surface area contributed by atoms with Gasteiger partial charge in [-0.15, -0.1) is 0 Å². The molecule has 19 heavy (non-hydrogen) atoms. The molecule has 1 fully saturated rings. The van der Waals surface area contributed by atoms with Crippen molar-refractivity contribution in [1.29, 1.82) is 0 Å². The van der Waals surface area contributed by atoms with Crippen LogP contribution in [-0.2, 0) is 4.74 Å². The first-order valence-corrected chi connectivity index (χ1v) is 6.37. The molecular formula is C12H12BrNO5. The molecule has 1 heterocycles. The Morgan fingerprint density at radius 3 is 2.95 bits per heavy atom. The molecule has 1 unspecified atom stereocenters. The number of alkyl carbamates (subject to hydrolysis) is 1. The van der Waals surface area contributed by atoms with Crippen LogP contribution in [0.5, 0.6) is 5.75 Å². The summed E-state index contributed by atoms with van der Waals surface area (Å²) in [6.45, 7) is 2.23. The second-order valence-corrected chi connectivity index (χ2v) is 5.04. The minimum absolute atomic E-state index is 0.0733. The summed E-state index contributed by atoms with van der Waals surface area (Å²) < 4.78 is 11.1. The molecule has 0 radical (unpaired) electrons. The molecule has 1 amide bonds. The largest absolute Gasteiger partial charge is 0.488 e. The molecule has 0 aliphatic carbocycles. The van der Waals surface area contributed by atoms with Gasteiger partial charge in [0.1, 0.15) is 17.9 Å². The zero-order chi connectivity index (χ0) is 14.0. The molecule has 0 bridgehead atoms. The number of rotatable bonds is 4. The van der Waals surface area contributed by atoms with E-state index in [9.17, 15) is 9.59 Å². The van der Waals surface area contributed by atoms with Gasteiger partial charge in [0.15, 0.2) is 6.10 Å². The molecule has 0 saturated carbocycles. The van der Waals surface area contributed by atoms with Gasteiger partial charge in [-0.1, -0.05) is 15.9 Å². The topological polar surface area (TPSA) is 84.9 Å². The number of aryl methyl sites for hydroxylation is 1. The lowest BCUT2D eigenvalue weighted by Crippen LogP contribution is -2.22. The van der Waals surface area contributed by atoms with Gasteiger partial charge in [0, 0.05) is 4.47 Å². The lowest BCUT2D eigenvalue weighted by molar-refractivity contribution is 0.0683. The van der Waals surface area contributed by atoms with Crippen LogP contribution in [0.3, 0.4) is 0 Å². The molecule has 0 spiro atoms. The van der Waals surface area contributed by atoms with Crippen molar-refractivity contribution >= 4 is 28.0 Å². The van der Waals surface area contributed by atoms with Crippen LogP contribution in [0.25, 0.3) is 0 Å². The van der Waals surface area contributed by atoms with Crippen molar-refractivity contribution in [3.63, 3.8) is 0 Å². The molecule has 2 N–H and O–H groups in total. The average molecular weight is 330 g/mol. The molecule has 2 rings (SSSR count). The Labute approximate surface area is 117 Å². The van der Waals surface area contributed by atoms with Crippen molar-refractivity contribution < 1.29 is 24.2 Å². The fourth-order valence-corrected chi connectivity index (χ4v) is 2.35. The molecular weight excluding hydrogens is 318 g/mol. The second kappa shape index (κ2) is 5.48. The lowest BCUT2D eigenvalue weighted by Gasteiger charge is -2.14. The number of carboxylic acids is 1. The summed E-state index contributed by atoms with van der Waals surface area (Å²) in [7, 11) is 0. The van der Waals surface area contributed by atoms with Gasteiger partial charge in [-0.05, 0) is 24.6 Å². The van der Waals surface area contributed by atoms with E-state index in [0.29, 0.717) is 22.3 Å². The summed E-state index contributed by atoms with van der Waals surface area (Å²) in [6, 6.07) is 3.24. The first-order chi connectivity index (χ1) is 8.97. The van der Waals surface area contributed by atoms with Gasteiger partial charge >= 0.3 is 12.1 Å². The fraction of sp³-hybridized carbons (Fsp3) is 0.333.